The highest BCUT2D eigenvalue weighted by Gasteiger charge is 2.25. The second-order valence-corrected chi connectivity index (χ2v) is 4.04. The molecule has 0 saturated carbocycles. The number of carbonyl (C=O) groups is 1. The summed E-state index contributed by atoms with van der Waals surface area (Å²) >= 11 is 0. The van der Waals surface area contributed by atoms with Gasteiger partial charge in [0.15, 0.2) is 0 Å². The number of aliphatic hydroxyl groups is 1. The number of hydrogen-bond acceptors (Lipinski definition) is 3. The van der Waals surface area contributed by atoms with E-state index in [1.165, 1.54) is 13.0 Å². The van der Waals surface area contributed by atoms with Gasteiger partial charge in [-0.15, -0.1) is 6.58 Å². The maximum absolute atomic E-state index is 11.4. The van der Waals surface area contributed by atoms with Crippen LogP contribution in [0.3, 0.4) is 0 Å². The van der Waals surface area contributed by atoms with Crippen LogP contribution >= 0.6 is 0 Å². The first-order valence-corrected chi connectivity index (χ1v) is 4.31. The molecule has 0 aliphatic heterocycles. The Morgan fingerprint density at radius 1 is 1.54 bits per heavy atom. The van der Waals surface area contributed by atoms with Crippen molar-refractivity contribution in [2.75, 3.05) is 0 Å². The highest BCUT2D eigenvalue weighted by Crippen LogP contribution is 2.14. The van der Waals surface area contributed by atoms with Gasteiger partial charge in [-0.3, -0.25) is 4.79 Å². The largest absolute Gasteiger partial charge is 0.459 e. The van der Waals surface area contributed by atoms with Crippen LogP contribution in [0.1, 0.15) is 27.7 Å². The summed E-state index contributed by atoms with van der Waals surface area (Å²) in [5.74, 6) is -1.07. The molecule has 0 fully saturated rings. The Bertz CT molecular complexity index is 189. The minimum absolute atomic E-state index is 0.433. The van der Waals surface area contributed by atoms with E-state index in [0.717, 1.165) is 0 Å². The molecule has 2 atom stereocenters. The molecule has 1 N–H and O–H groups in total. The fraction of sp³-hybridized carbons (Fsp3) is 0.700. The molecule has 0 saturated heterocycles. The summed E-state index contributed by atoms with van der Waals surface area (Å²) in [6.45, 7) is 10.4. The van der Waals surface area contributed by atoms with Crippen LogP contribution in [-0.4, -0.2) is 22.8 Å². The summed E-state index contributed by atoms with van der Waals surface area (Å²) in [5.41, 5.74) is -0.521. The van der Waals surface area contributed by atoms with Gasteiger partial charge in [0.1, 0.15) is 11.5 Å². The number of carbonyl (C=O) groups excluding carboxylic acids is 1. The fourth-order valence-electron chi connectivity index (χ4n) is 0.860. The molecule has 0 bridgehead atoms. The molecule has 0 aliphatic carbocycles. The SMILES string of the molecule is C=CC(C(=O)OC(C)(C)C)C(C)O. The van der Waals surface area contributed by atoms with Crippen molar-refractivity contribution in [3.05, 3.63) is 12.7 Å². The Morgan fingerprint density at radius 3 is 2.23 bits per heavy atom. The normalized spacial score (nSPS) is 16.1. The summed E-state index contributed by atoms with van der Waals surface area (Å²) in [6.07, 6.45) is 0.644. The fourth-order valence-corrected chi connectivity index (χ4v) is 0.860. The van der Waals surface area contributed by atoms with Crippen LogP contribution in [0.15, 0.2) is 12.7 Å². The van der Waals surface area contributed by atoms with E-state index in [9.17, 15) is 9.90 Å². The summed E-state index contributed by atoms with van der Waals surface area (Å²) in [5, 5.41) is 9.21. The third-order valence-electron chi connectivity index (χ3n) is 1.45. The van der Waals surface area contributed by atoms with Gasteiger partial charge < -0.3 is 9.84 Å². The molecular formula is C10H18O3. The van der Waals surface area contributed by atoms with Gasteiger partial charge in [-0.25, -0.2) is 0 Å². The van der Waals surface area contributed by atoms with Crippen molar-refractivity contribution >= 4 is 5.97 Å². The molecule has 3 heteroatoms. The van der Waals surface area contributed by atoms with Crippen LogP contribution in [0.25, 0.3) is 0 Å². The van der Waals surface area contributed by atoms with Gasteiger partial charge >= 0.3 is 5.97 Å². The zero-order valence-electron chi connectivity index (χ0n) is 8.70. The summed E-state index contributed by atoms with van der Waals surface area (Å²) in [7, 11) is 0. The van der Waals surface area contributed by atoms with Crippen molar-refractivity contribution in [1.82, 2.24) is 0 Å². The molecule has 0 amide bonds. The summed E-state index contributed by atoms with van der Waals surface area (Å²) < 4.78 is 5.08. The molecule has 76 valence electrons. The van der Waals surface area contributed by atoms with Crippen LogP contribution in [0.2, 0.25) is 0 Å². The number of rotatable bonds is 3. The predicted molar refractivity (Wildman–Crippen MR) is 51.2 cm³/mol. The highest BCUT2D eigenvalue weighted by atomic mass is 16.6. The standard InChI is InChI=1S/C10H18O3/c1-6-8(7(2)11)9(12)13-10(3,4)5/h6-8,11H,1H2,2-5H3. The zero-order chi connectivity index (χ0) is 10.6. The van der Waals surface area contributed by atoms with E-state index in [4.69, 9.17) is 4.74 Å². The van der Waals surface area contributed by atoms with Crippen molar-refractivity contribution in [1.29, 1.82) is 0 Å². The molecule has 0 spiro atoms. The predicted octanol–water partition coefficient (Wildman–Crippen LogP) is 1.51. The average molecular weight is 186 g/mol. The molecule has 0 rings (SSSR count). The quantitative estimate of drug-likeness (QED) is 0.537. The van der Waals surface area contributed by atoms with Gasteiger partial charge in [-0.2, -0.15) is 0 Å². The molecule has 0 heterocycles. The zero-order valence-corrected chi connectivity index (χ0v) is 8.70. The second kappa shape index (κ2) is 4.42. The van der Waals surface area contributed by atoms with E-state index in [1.807, 2.05) is 0 Å². The van der Waals surface area contributed by atoms with Gasteiger partial charge in [0.2, 0.25) is 0 Å². The number of hydrogen-bond donors (Lipinski definition) is 1. The third kappa shape index (κ3) is 4.68. The van der Waals surface area contributed by atoms with E-state index in [0.29, 0.717) is 0 Å². The Labute approximate surface area is 79.4 Å². The van der Waals surface area contributed by atoms with Crippen molar-refractivity contribution in [2.24, 2.45) is 5.92 Å². The minimum atomic E-state index is -0.757. The van der Waals surface area contributed by atoms with Crippen LogP contribution in [0.4, 0.5) is 0 Å². The second-order valence-electron chi connectivity index (χ2n) is 4.04. The van der Waals surface area contributed by atoms with Crippen LogP contribution in [0.5, 0.6) is 0 Å². The number of ether oxygens (including phenoxy) is 1. The lowest BCUT2D eigenvalue weighted by Gasteiger charge is -2.23. The van der Waals surface area contributed by atoms with Gasteiger partial charge in [-0.1, -0.05) is 6.08 Å². The molecule has 0 aliphatic rings. The maximum Gasteiger partial charge on any atom is 0.315 e. The molecule has 3 nitrogen and oxygen atoms in total. The average Bonchev–Trinajstić information content (AvgIpc) is 1.82. The van der Waals surface area contributed by atoms with E-state index in [-0.39, 0.29) is 0 Å². The van der Waals surface area contributed by atoms with Crippen LogP contribution in [0, 0.1) is 5.92 Å². The van der Waals surface area contributed by atoms with Crippen molar-refractivity contribution in [3.63, 3.8) is 0 Å². The molecule has 0 aromatic rings. The summed E-state index contributed by atoms with van der Waals surface area (Å²) in [4.78, 5) is 11.4. The molecule has 13 heavy (non-hydrogen) atoms. The number of aliphatic hydroxyl groups excluding tert-OH is 1. The topological polar surface area (TPSA) is 46.5 Å². The molecule has 0 aromatic heterocycles. The van der Waals surface area contributed by atoms with Crippen molar-refractivity contribution in [2.45, 2.75) is 39.4 Å². The van der Waals surface area contributed by atoms with Gasteiger partial charge in [-0.05, 0) is 27.7 Å². The Hall–Kier alpha value is -0.830. The van der Waals surface area contributed by atoms with Crippen molar-refractivity contribution in [3.8, 4) is 0 Å². The van der Waals surface area contributed by atoms with Gasteiger partial charge in [0.25, 0.3) is 0 Å². The molecule has 2 unspecified atom stereocenters. The van der Waals surface area contributed by atoms with E-state index >= 15 is 0 Å². The summed E-state index contributed by atoms with van der Waals surface area (Å²) in [6, 6.07) is 0. The Balaban J connectivity index is 4.32. The van der Waals surface area contributed by atoms with Gasteiger partial charge in [0, 0.05) is 0 Å². The van der Waals surface area contributed by atoms with Crippen LogP contribution in [-0.2, 0) is 9.53 Å². The lowest BCUT2D eigenvalue weighted by Crippen LogP contribution is -2.32. The highest BCUT2D eigenvalue weighted by molar-refractivity contribution is 5.75. The molecular weight excluding hydrogens is 168 g/mol. The maximum atomic E-state index is 11.4. The van der Waals surface area contributed by atoms with E-state index in [1.54, 1.807) is 20.8 Å². The van der Waals surface area contributed by atoms with Gasteiger partial charge in [0.05, 0.1) is 6.10 Å². The van der Waals surface area contributed by atoms with Crippen molar-refractivity contribution < 1.29 is 14.6 Å². The first kappa shape index (κ1) is 12.2. The lowest BCUT2D eigenvalue weighted by molar-refractivity contribution is -0.161. The first-order valence-electron chi connectivity index (χ1n) is 4.31. The smallest absolute Gasteiger partial charge is 0.315 e. The van der Waals surface area contributed by atoms with E-state index < -0.39 is 23.6 Å². The van der Waals surface area contributed by atoms with E-state index in [2.05, 4.69) is 6.58 Å². The first-order chi connectivity index (χ1) is 5.78. The Morgan fingerprint density at radius 2 is 2.00 bits per heavy atom. The lowest BCUT2D eigenvalue weighted by atomic mass is 10.0. The monoisotopic (exact) mass is 186 g/mol. The Kier molecular flexibility index (Phi) is 4.14. The molecule has 0 radical (unpaired) electrons. The number of esters is 1. The third-order valence-corrected chi connectivity index (χ3v) is 1.45. The minimum Gasteiger partial charge on any atom is -0.459 e. The van der Waals surface area contributed by atoms with Crippen LogP contribution < -0.4 is 0 Å². The molecule has 0 aromatic carbocycles.